The number of carbonyl (C=O) groups is 1. The fourth-order valence-electron chi connectivity index (χ4n) is 6.95. The number of carbonyl (C=O) groups excluding carboxylic acids is 1. The molecular weight excluding hydrogens is 581 g/mol. The molecule has 1 aliphatic carbocycles. The van der Waals surface area contributed by atoms with Crippen LogP contribution in [0, 0.1) is 17.7 Å². The standard InChI is InChI=1S/C30H41ClFN5O4S/c31-22-9-7-21(8-10-22)28(20-5-3-19(18-38)4-6-20)29(33)30(39)36-27-16-34-15-26(32)25(27)12-11-24-14-35-23-2-1-13-42(40,41)37(24)17-23/h7-10,15-16,19-20,23-24,28-29,35,38H,1-6,11-14,17-18,33H2,(H,36,39)/t19?,20?,23-,24+,28-,29+/m1/s1. The summed E-state index contributed by atoms with van der Waals surface area (Å²) in [5, 5.41) is 16.5. The van der Waals surface area contributed by atoms with Gasteiger partial charge in [-0.1, -0.05) is 23.7 Å². The molecule has 3 aliphatic rings. The second-order valence-corrected chi connectivity index (χ2v) is 14.5. The van der Waals surface area contributed by atoms with Crippen LogP contribution >= 0.6 is 11.6 Å². The van der Waals surface area contributed by atoms with Gasteiger partial charge in [0.25, 0.3) is 0 Å². The van der Waals surface area contributed by atoms with Crippen LogP contribution < -0.4 is 16.4 Å². The Bertz CT molecular complexity index is 1340. The molecule has 5 rings (SSSR count). The lowest BCUT2D eigenvalue weighted by molar-refractivity contribution is -0.118. The number of amides is 1. The molecule has 2 aliphatic heterocycles. The van der Waals surface area contributed by atoms with Gasteiger partial charge in [-0.3, -0.25) is 9.78 Å². The van der Waals surface area contributed by atoms with Crippen LogP contribution in [-0.2, 0) is 21.2 Å². The maximum Gasteiger partial charge on any atom is 0.241 e. The minimum atomic E-state index is -3.37. The molecule has 1 aromatic carbocycles. The van der Waals surface area contributed by atoms with Gasteiger partial charge in [-0.2, -0.15) is 4.31 Å². The highest BCUT2D eigenvalue weighted by molar-refractivity contribution is 7.89. The molecule has 42 heavy (non-hydrogen) atoms. The number of pyridine rings is 1. The van der Waals surface area contributed by atoms with E-state index in [2.05, 4.69) is 15.6 Å². The van der Waals surface area contributed by atoms with Gasteiger partial charge in [0.2, 0.25) is 15.9 Å². The van der Waals surface area contributed by atoms with E-state index in [1.807, 2.05) is 12.1 Å². The fourth-order valence-corrected chi connectivity index (χ4v) is 8.88. The molecule has 2 aromatic rings. The van der Waals surface area contributed by atoms with Gasteiger partial charge >= 0.3 is 0 Å². The SMILES string of the molecule is N[C@H](C(=O)Nc1cncc(F)c1CC[C@H]1CN[C@@H]2CCCS(=O)(=O)N1C2)[C@@H](c1ccc(Cl)cc1)C1CCC(CO)CC1. The molecule has 5 N–H and O–H groups in total. The Morgan fingerprint density at radius 1 is 1.19 bits per heavy atom. The molecule has 1 saturated carbocycles. The van der Waals surface area contributed by atoms with E-state index in [0.29, 0.717) is 31.0 Å². The Labute approximate surface area is 252 Å². The van der Waals surface area contributed by atoms with Gasteiger partial charge in [0, 0.05) is 48.3 Å². The highest BCUT2D eigenvalue weighted by Gasteiger charge is 2.39. The van der Waals surface area contributed by atoms with Crippen molar-refractivity contribution in [3.05, 3.63) is 58.6 Å². The number of rotatable bonds is 9. The quantitative estimate of drug-likeness (QED) is 0.337. The lowest BCUT2D eigenvalue weighted by Crippen LogP contribution is -2.57. The van der Waals surface area contributed by atoms with Gasteiger partial charge in [-0.25, -0.2) is 12.8 Å². The summed E-state index contributed by atoms with van der Waals surface area (Å²) in [7, 11) is -3.37. The summed E-state index contributed by atoms with van der Waals surface area (Å²) in [6.07, 6.45) is 8.00. The zero-order valence-electron chi connectivity index (χ0n) is 23.7. The highest BCUT2D eigenvalue weighted by atomic mass is 35.5. The molecule has 0 radical (unpaired) electrons. The number of aromatic nitrogens is 1. The third kappa shape index (κ3) is 7.14. The zero-order valence-corrected chi connectivity index (χ0v) is 25.3. The molecule has 3 heterocycles. The van der Waals surface area contributed by atoms with Crippen molar-refractivity contribution >= 4 is 33.2 Å². The molecule has 230 valence electrons. The number of aliphatic hydroxyl groups excluding tert-OH is 1. The number of hydrogen-bond donors (Lipinski definition) is 4. The summed E-state index contributed by atoms with van der Waals surface area (Å²) in [6.45, 7) is 1.09. The topological polar surface area (TPSA) is 138 Å². The van der Waals surface area contributed by atoms with Crippen molar-refractivity contribution in [2.45, 2.75) is 75.4 Å². The number of hydrogen-bond acceptors (Lipinski definition) is 7. The Morgan fingerprint density at radius 3 is 2.64 bits per heavy atom. The predicted molar refractivity (Wildman–Crippen MR) is 161 cm³/mol. The number of nitrogens with two attached hydrogens (primary N) is 1. The first kappa shape index (κ1) is 31.3. The molecule has 1 aromatic heterocycles. The van der Waals surface area contributed by atoms with E-state index in [1.54, 1.807) is 16.4 Å². The summed E-state index contributed by atoms with van der Waals surface area (Å²) in [4.78, 5) is 17.6. The molecule has 3 fully saturated rings. The number of halogens is 2. The van der Waals surface area contributed by atoms with Crippen molar-refractivity contribution in [2.75, 3.05) is 30.8 Å². The molecule has 1 unspecified atom stereocenters. The zero-order chi connectivity index (χ0) is 29.9. The van der Waals surface area contributed by atoms with Gasteiger partial charge in [0.1, 0.15) is 5.82 Å². The first-order valence-electron chi connectivity index (χ1n) is 14.9. The molecule has 9 nitrogen and oxygen atoms in total. The van der Waals surface area contributed by atoms with Crippen LogP contribution in [0.2, 0.25) is 5.02 Å². The number of nitrogens with zero attached hydrogens (tertiary/aromatic N) is 2. The third-order valence-corrected chi connectivity index (χ3v) is 11.6. The van der Waals surface area contributed by atoms with Crippen LogP contribution in [0.15, 0.2) is 36.7 Å². The number of fused-ring (bicyclic) bond motifs is 2. The van der Waals surface area contributed by atoms with Crippen molar-refractivity contribution in [1.29, 1.82) is 0 Å². The summed E-state index contributed by atoms with van der Waals surface area (Å²) >= 11 is 6.14. The van der Waals surface area contributed by atoms with Crippen molar-refractivity contribution in [3.63, 3.8) is 0 Å². The van der Waals surface area contributed by atoms with Crippen LogP contribution in [0.4, 0.5) is 10.1 Å². The number of piperazine rings is 1. The smallest absolute Gasteiger partial charge is 0.241 e. The van der Waals surface area contributed by atoms with Crippen molar-refractivity contribution in [2.24, 2.45) is 17.6 Å². The fraction of sp³-hybridized carbons (Fsp3) is 0.600. The van der Waals surface area contributed by atoms with Crippen molar-refractivity contribution in [1.82, 2.24) is 14.6 Å². The maximum absolute atomic E-state index is 15.1. The van der Waals surface area contributed by atoms with E-state index >= 15 is 4.39 Å². The third-order valence-electron chi connectivity index (χ3n) is 9.35. The minimum absolute atomic E-state index is 0.126. The van der Waals surface area contributed by atoms with E-state index < -0.39 is 27.8 Å². The average molecular weight is 622 g/mol. The van der Waals surface area contributed by atoms with Gasteiger partial charge in [-0.15, -0.1) is 0 Å². The first-order valence-corrected chi connectivity index (χ1v) is 16.9. The van der Waals surface area contributed by atoms with Gasteiger partial charge in [-0.05, 0) is 80.9 Å². The Morgan fingerprint density at radius 2 is 1.93 bits per heavy atom. The van der Waals surface area contributed by atoms with Gasteiger partial charge < -0.3 is 21.5 Å². The molecule has 12 heteroatoms. The lowest BCUT2D eigenvalue weighted by Gasteiger charge is -2.37. The summed E-state index contributed by atoms with van der Waals surface area (Å²) in [5.41, 5.74) is 8.11. The van der Waals surface area contributed by atoms with Crippen LogP contribution in [0.25, 0.3) is 0 Å². The molecule has 1 amide bonds. The molecule has 0 spiro atoms. The minimum Gasteiger partial charge on any atom is -0.396 e. The molecule has 2 bridgehead atoms. The molecule has 2 saturated heterocycles. The van der Waals surface area contributed by atoms with E-state index in [4.69, 9.17) is 17.3 Å². The predicted octanol–water partition coefficient (Wildman–Crippen LogP) is 3.42. The summed E-state index contributed by atoms with van der Waals surface area (Å²) in [6, 6.07) is 6.29. The van der Waals surface area contributed by atoms with Crippen LogP contribution in [0.5, 0.6) is 0 Å². The summed E-state index contributed by atoms with van der Waals surface area (Å²) < 4.78 is 42.5. The Balaban J connectivity index is 1.32. The molecule has 5 atom stereocenters. The first-order chi connectivity index (χ1) is 20.2. The normalized spacial score (nSPS) is 28.8. The number of aliphatic hydroxyl groups is 1. The summed E-state index contributed by atoms with van der Waals surface area (Å²) in [5.74, 6) is -0.767. The average Bonchev–Trinajstić information content (AvgIpc) is 3.10. The van der Waals surface area contributed by atoms with Crippen molar-refractivity contribution < 1.29 is 22.7 Å². The van der Waals surface area contributed by atoms with Gasteiger partial charge in [0.15, 0.2) is 0 Å². The van der Waals surface area contributed by atoms with Crippen LogP contribution in [0.1, 0.15) is 62.0 Å². The second kappa shape index (κ2) is 13.7. The Kier molecular flexibility index (Phi) is 10.2. The second-order valence-electron chi connectivity index (χ2n) is 12.0. The monoisotopic (exact) mass is 621 g/mol. The van der Waals surface area contributed by atoms with Crippen LogP contribution in [0.3, 0.4) is 0 Å². The van der Waals surface area contributed by atoms with Gasteiger partial charge in [0.05, 0.1) is 29.9 Å². The Hall–Kier alpha value is -2.15. The van der Waals surface area contributed by atoms with E-state index in [0.717, 1.165) is 43.9 Å². The van der Waals surface area contributed by atoms with Crippen molar-refractivity contribution in [3.8, 4) is 0 Å². The number of anilines is 1. The molecular formula is C30H41ClFN5O4S. The highest BCUT2D eigenvalue weighted by Crippen LogP contribution is 2.40. The van der Waals surface area contributed by atoms with Crippen LogP contribution in [-0.4, -0.2) is 72.3 Å². The van der Waals surface area contributed by atoms with E-state index in [-0.39, 0.29) is 59.9 Å². The number of nitrogens with one attached hydrogen (secondary N) is 2. The maximum atomic E-state index is 15.1. The lowest BCUT2D eigenvalue weighted by atomic mass is 9.71. The van der Waals surface area contributed by atoms with E-state index in [1.165, 1.54) is 6.20 Å². The number of sulfonamides is 1. The number of benzene rings is 1. The largest absolute Gasteiger partial charge is 0.396 e. The van der Waals surface area contributed by atoms with E-state index in [9.17, 15) is 18.3 Å².